The lowest BCUT2D eigenvalue weighted by Gasteiger charge is -2.09. The van der Waals surface area contributed by atoms with Crippen LogP contribution >= 0.6 is 15.9 Å². The lowest BCUT2D eigenvalue weighted by Crippen LogP contribution is -2.07. The lowest BCUT2D eigenvalue weighted by atomic mass is 10.0. The first kappa shape index (κ1) is 14.0. The molecular weight excluding hydrogens is 300 g/mol. The molecule has 0 aromatic heterocycles. The monoisotopic (exact) mass is 316 g/mol. The summed E-state index contributed by atoms with van der Waals surface area (Å²) in [6, 6.07) is 18.2. The molecule has 0 saturated heterocycles. The Morgan fingerprint density at radius 3 is 2.32 bits per heavy atom. The summed E-state index contributed by atoms with van der Waals surface area (Å²) >= 11 is 3.50. The van der Waals surface area contributed by atoms with Crippen LogP contribution in [0.1, 0.15) is 27.9 Å². The number of ketones is 1. The molecule has 19 heavy (non-hydrogen) atoms. The molecule has 0 aliphatic carbocycles. The second kappa shape index (κ2) is 6.67. The molecule has 0 N–H and O–H groups in total. The molecule has 0 amide bonds. The minimum atomic E-state index is -0.197. The van der Waals surface area contributed by atoms with Gasteiger partial charge < -0.3 is 0 Å². The molecular formula is C17H17BrO. The van der Waals surface area contributed by atoms with Gasteiger partial charge in [-0.2, -0.15) is 0 Å². The number of benzene rings is 2. The van der Waals surface area contributed by atoms with E-state index in [1.807, 2.05) is 49.4 Å². The van der Waals surface area contributed by atoms with E-state index in [-0.39, 0.29) is 10.6 Å². The fourth-order valence-electron chi connectivity index (χ4n) is 1.96. The number of carbonyl (C=O) groups is 1. The topological polar surface area (TPSA) is 17.1 Å². The van der Waals surface area contributed by atoms with E-state index < -0.39 is 0 Å². The van der Waals surface area contributed by atoms with E-state index in [0.29, 0.717) is 6.42 Å². The van der Waals surface area contributed by atoms with Crippen molar-refractivity contribution < 1.29 is 4.79 Å². The van der Waals surface area contributed by atoms with E-state index in [4.69, 9.17) is 0 Å². The Balaban J connectivity index is 1.94. The Hall–Kier alpha value is -1.41. The zero-order chi connectivity index (χ0) is 13.7. The molecule has 0 aliphatic heterocycles. The average molecular weight is 317 g/mol. The first-order valence-electron chi connectivity index (χ1n) is 6.44. The van der Waals surface area contributed by atoms with Crippen LogP contribution in [0.15, 0.2) is 54.6 Å². The Morgan fingerprint density at radius 2 is 1.68 bits per heavy atom. The number of Topliss-reactive ketones (excluding diaryl/α,β-unsaturated/α-hetero) is 1. The summed E-state index contributed by atoms with van der Waals surface area (Å²) in [6.07, 6.45) is 1.36. The SMILES string of the molecule is Cc1ccc(C(Br)C(=O)CCc2ccccc2)cc1. The summed E-state index contributed by atoms with van der Waals surface area (Å²) in [5.74, 6) is 0.229. The summed E-state index contributed by atoms with van der Waals surface area (Å²) in [7, 11) is 0. The molecule has 0 spiro atoms. The van der Waals surface area contributed by atoms with Crippen LogP contribution in [0, 0.1) is 6.92 Å². The van der Waals surface area contributed by atoms with E-state index in [9.17, 15) is 4.79 Å². The predicted octanol–water partition coefficient (Wildman–Crippen LogP) is 4.63. The Kier molecular flexibility index (Phi) is 4.92. The fraction of sp³-hybridized carbons (Fsp3) is 0.235. The van der Waals surface area contributed by atoms with E-state index in [1.165, 1.54) is 11.1 Å². The third kappa shape index (κ3) is 4.03. The maximum Gasteiger partial charge on any atom is 0.151 e. The minimum absolute atomic E-state index is 0.197. The van der Waals surface area contributed by atoms with Crippen LogP contribution in [0.5, 0.6) is 0 Å². The van der Waals surface area contributed by atoms with Crippen molar-refractivity contribution in [2.45, 2.75) is 24.6 Å². The molecule has 0 saturated carbocycles. The van der Waals surface area contributed by atoms with Gasteiger partial charge in [0.25, 0.3) is 0 Å². The minimum Gasteiger partial charge on any atom is -0.298 e. The van der Waals surface area contributed by atoms with Crippen molar-refractivity contribution in [3.8, 4) is 0 Å². The first-order valence-corrected chi connectivity index (χ1v) is 7.35. The Labute approximate surface area is 122 Å². The number of rotatable bonds is 5. The largest absolute Gasteiger partial charge is 0.298 e. The van der Waals surface area contributed by atoms with Crippen molar-refractivity contribution in [1.82, 2.24) is 0 Å². The number of aryl methyl sites for hydroxylation is 2. The number of carbonyl (C=O) groups excluding carboxylic acids is 1. The van der Waals surface area contributed by atoms with Crippen LogP contribution in [-0.2, 0) is 11.2 Å². The summed E-state index contributed by atoms with van der Waals surface area (Å²) in [4.78, 5) is 12.0. The van der Waals surface area contributed by atoms with Crippen molar-refractivity contribution in [3.05, 3.63) is 71.3 Å². The number of alkyl halides is 1. The third-order valence-electron chi connectivity index (χ3n) is 3.16. The second-order valence-corrected chi connectivity index (χ2v) is 5.64. The van der Waals surface area contributed by atoms with Gasteiger partial charge in [-0.05, 0) is 24.5 Å². The van der Waals surface area contributed by atoms with Gasteiger partial charge in [-0.3, -0.25) is 4.79 Å². The molecule has 0 heterocycles. The van der Waals surface area contributed by atoms with Gasteiger partial charge in [0.2, 0.25) is 0 Å². The van der Waals surface area contributed by atoms with Crippen LogP contribution < -0.4 is 0 Å². The number of hydrogen-bond donors (Lipinski definition) is 0. The smallest absolute Gasteiger partial charge is 0.151 e. The lowest BCUT2D eigenvalue weighted by molar-refractivity contribution is -0.118. The summed E-state index contributed by atoms with van der Waals surface area (Å²) < 4.78 is 0. The second-order valence-electron chi connectivity index (χ2n) is 4.73. The maximum atomic E-state index is 12.2. The van der Waals surface area contributed by atoms with Gasteiger partial charge in [-0.15, -0.1) is 0 Å². The molecule has 1 unspecified atom stereocenters. The molecule has 0 aliphatic rings. The van der Waals surface area contributed by atoms with Gasteiger partial charge in [0.15, 0.2) is 5.78 Å². The zero-order valence-electron chi connectivity index (χ0n) is 11.0. The Morgan fingerprint density at radius 1 is 1.05 bits per heavy atom. The van der Waals surface area contributed by atoms with Crippen molar-refractivity contribution in [2.75, 3.05) is 0 Å². The van der Waals surface area contributed by atoms with Crippen LogP contribution in [-0.4, -0.2) is 5.78 Å². The van der Waals surface area contributed by atoms with Crippen molar-refractivity contribution in [2.24, 2.45) is 0 Å². The van der Waals surface area contributed by atoms with E-state index >= 15 is 0 Å². The molecule has 0 bridgehead atoms. The summed E-state index contributed by atoms with van der Waals surface area (Å²) in [5, 5.41) is 0. The summed E-state index contributed by atoms with van der Waals surface area (Å²) in [6.45, 7) is 2.05. The molecule has 0 radical (unpaired) electrons. The zero-order valence-corrected chi connectivity index (χ0v) is 12.6. The van der Waals surface area contributed by atoms with Crippen molar-refractivity contribution in [1.29, 1.82) is 0 Å². The molecule has 1 atom stereocenters. The van der Waals surface area contributed by atoms with E-state index in [0.717, 1.165) is 12.0 Å². The van der Waals surface area contributed by atoms with Gasteiger partial charge in [-0.25, -0.2) is 0 Å². The van der Waals surface area contributed by atoms with Crippen LogP contribution in [0.4, 0.5) is 0 Å². The molecule has 2 heteroatoms. The third-order valence-corrected chi connectivity index (χ3v) is 4.19. The fourth-order valence-corrected chi connectivity index (χ4v) is 2.49. The Bertz CT molecular complexity index is 531. The quantitative estimate of drug-likeness (QED) is 0.735. The van der Waals surface area contributed by atoms with Crippen LogP contribution in [0.3, 0.4) is 0 Å². The van der Waals surface area contributed by atoms with Gasteiger partial charge in [0, 0.05) is 6.42 Å². The normalized spacial score (nSPS) is 12.1. The van der Waals surface area contributed by atoms with Crippen molar-refractivity contribution in [3.63, 3.8) is 0 Å². The van der Waals surface area contributed by atoms with E-state index in [2.05, 4.69) is 28.1 Å². The van der Waals surface area contributed by atoms with Gasteiger partial charge in [-0.1, -0.05) is 76.1 Å². The number of hydrogen-bond acceptors (Lipinski definition) is 1. The molecule has 2 aromatic rings. The first-order chi connectivity index (χ1) is 9.16. The van der Waals surface area contributed by atoms with Gasteiger partial charge >= 0.3 is 0 Å². The van der Waals surface area contributed by atoms with Gasteiger partial charge in [0.05, 0.1) is 4.83 Å². The predicted molar refractivity (Wildman–Crippen MR) is 82.6 cm³/mol. The van der Waals surface area contributed by atoms with Gasteiger partial charge in [0.1, 0.15) is 0 Å². The highest BCUT2D eigenvalue weighted by molar-refractivity contribution is 9.09. The highest BCUT2D eigenvalue weighted by Crippen LogP contribution is 2.25. The molecule has 2 rings (SSSR count). The average Bonchev–Trinajstić information content (AvgIpc) is 2.46. The maximum absolute atomic E-state index is 12.2. The highest BCUT2D eigenvalue weighted by Gasteiger charge is 2.16. The highest BCUT2D eigenvalue weighted by atomic mass is 79.9. The molecule has 0 fully saturated rings. The molecule has 98 valence electrons. The van der Waals surface area contributed by atoms with Crippen molar-refractivity contribution >= 4 is 21.7 Å². The standard InChI is InChI=1S/C17H17BrO/c1-13-7-10-15(11-8-13)17(18)16(19)12-9-14-5-3-2-4-6-14/h2-8,10-11,17H,9,12H2,1H3. The molecule has 1 nitrogen and oxygen atoms in total. The van der Waals surface area contributed by atoms with Crippen LogP contribution in [0.25, 0.3) is 0 Å². The van der Waals surface area contributed by atoms with E-state index in [1.54, 1.807) is 0 Å². The van der Waals surface area contributed by atoms with Crippen LogP contribution in [0.2, 0.25) is 0 Å². The summed E-state index contributed by atoms with van der Waals surface area (Å²) in [5.41, 5.74) is 3.45. The molecule has 2 aromatic carbocycles. The number of halogens is 1.